The number of nitrogens with one attached hydrogen (secondary N) is 1. The lowest BCUT2D eigenvalue weighted by Gasteiger charge is -2.14. The van der Waals surface area contributed by atoms with Gasteiger partial charge >= 0.3 is 0 Å². The predicted molar refractivity (Wildman–Crippen MR) is 46.0 cm³/mol. The summed E-state index contributed by atoms with van der Waals surface area (Å²) in [6, 6.07) is 0. The average Bonchev–Trinajstić information content (AvgIpc) is 2.16. The van der Waals surface area contributed by atoms with Crippen LogP contribution in [0.3, 0.4) is 0 Å². The SMILES string of the molecule is COC(CN)C(=O)NCC(O)CO. The van der Waals surface area contributed by atoms with Gasteiger partial charge in [0.05, 0.1) is 12.7 Å². The van der Waals surface area contributed by atoms with Crippen molar-refractivity contribution in [2.24, 2.45) is 5.73 Å². The van der Waals surface area contributed by atoms with Gasteiger partial charge in [0.2, 0.25) is 0 Å². The van der Waals surface area contributed by atoms with E-state index in [1.165, 1.54) is 7.11 Å². The van der Waals surface area contributed by atoms with E-state index >= 15 is 0 Å². The third-order valence-electron chi connectivity index (χ3n) is 1.51. The Balaban J connectivity index is 3.72. The topological polar surface area (TPSA) is 105 Å². The molecule has 0 aromatic heterocycles. The molecule has 6 nitrogen and oxygen atoms in total. The van der Waals surface area contributed by atoms with Crippen molar-refractivity contribution in [1.82, 2.24) is 5.32 Å². The molecule has 6 heteroatoms. The van der Waals surface area contributed by atoms with Crippen LogP contribution in [0.4, 0.5) is 0 Å². The van der Waals surface area contributed by atoms with Gasteiger partial charge in [-0.1, -0.05) is 0 Å². The summed E-state index contributed by atoms with van der Waals surface area (Å²) >= 11 is 0. The number of nitrogens with two attached hydrogens (primary N) is 1. The molecular formula is C7H16N2O4. The fraction of sp³-hybridized carbons (Fsp3) is 0.857. The molecule has 5 N–H and O–H groups in total. The molecule has 0 aliphatic rings. The van der Waals surface area contributed by atoms with Gasteiger partial charge in [0, 0.05) is 20.2 Å². The average molecular weight is 192 g/mol. The highest BCUT2D eigenvalue weighted by atomic mass is 16.5. The molecule has 0 saturated carbocycles. The van der Waals surface area contributed by atoms with Crippen molar-refractivity contribution < 1.29 is 19.7 Å². The van der Waals surface area contributed by atoms with Crippen molar-refractivity contribution in [1.29, 1.82) is 0 Å². The standard InChI is InChI=1S/C7H16N2O4/c1-13-6(2-8)7(12)9-3-5(11)4-10/h5-6,10-11H,2-4,8H2,1H3,(H,9,12). The maximum atomic E-state index is 11.1. The van der Waals surface area contributed by atoms with Crippen LogP contribution >= 0.6 is 0 Å². The summed E-state index contributed by atoms with van der Waals surface area (Å²) in [6.45, 7) is -0.312. The molecule has 0 aliphatic carbocycles. The fourth-order valence-corrected chi connectivity index (χ4v) is 0.707. The lowest BCUT2D eigenvalue weighted by atomic mass is 10.3. The molecule has 1 amide bonds. The third-order valence-corrected chi connectivity index (χ3v) is 1.51. The molecule has 0 aromatic rings. The van der Waals surface area contributed by atoms with Gasteiger partial charge in [-0.25, -0.2) is 0 Å². The van der Waals surface area contributed by atoms with Gasteiger partial charge in [0.25, 0.3) is 5.91 Å². The lowest BCUT2D eigenvalue weighted by Crippen LogP contribution is -2.43. The number of hydrogen-bond acceptors (Lipinski definition) is 5. The zero-order chi connectivity index (χ0) is 10.3. The number of aliphatic hydroxyl groups excluding tert-OH is 2. The quantitative estimate of drug-likeness (QED) is 0.370. The summed E-state index contributed by atoms with van der Waals surface area (Å²) < 4.78 is 4.75. The van der Waals surface area contributed by atoms with Gasteiger partial charge in [-0.05, 0) is 0 Å². The molecule has 0 saturated heterocycles. The Labute approximate surface area is 76.7 Å². The zero-order valence-corrected chi connectivity index (χ0v) is 7.56. The van der Waals surface area contributed by atoms with E-state index < -0.39 is 18.1 Å². The third kappa shape index (κ3) is 4.79. The minimum Gasteiger partial charge on any atom is -0.394 e. The van der Waals surface area contributed by atoms with Crippen molar-refractivity contribution in [3.05, 3.63) is 0 Å². The summed E-state index contributed by atoms with van der Waals surface area (Å²) in [5.74, 6) is -0.391. The molecule has 13 heavy (non-hydrogen) atoms. The first-order valence-electron chi connectivity index (χ1n) is 3.95. The Morgan fingerprint density at radius 3 is 2.69 bits per heavy atom. The van der Waals surface area contributed by atoms with E-state index in [-0.39, 0.29) is 19.7 Å². The van der Waals surface area contributed by atoms with Crippen LogP contribution in [0, 0.1) is 0 Å². The first kappa shape index (κ1) is 12.3. The van der Waals surface area contributed by atoms with Crippen LogP contribution in [0.15, 0.2) is 0 Å². The maximum absolute atomic E-state index is 11.1. The highest BCUT2D eigenvalue weighted by Gasteiger charge is 2.15. The number of amides is 1. The van der Waals surface area contributed by atoms with Crippen LogP contribution in [0.25, 0.3) is 0 Å². The number of hydrogen-bond donors (Lipinski definition) is 4. The van der Waals surface area contributed by atoms with Crippen LogP contribution in [0.1, 0.15) is 0 Å². The summed E-state index contributed by atoms with van der Waals surface area (Å²) in [5.41, 5.74) is 5.23. The van der Waals surface area contributed by atoms with Crippen molar-refractivity contribution in [2.75, 3.05) is 26.8 Å². The molecule has 2 atom stereocenters. The number of carbonyl (C=O) groups is 1. The summed E-state index contributed by atoms with van der Waals surface area (Å²) in [5, 5.41) is 19.7. The van der Waals surface area contributed by atoms with Gasteiger partial charge in [0.1, 0.15) is 6.10 Å². The van der Waals surface area contributed by atoms with Crippen LogP contribution in [-0.4, -0.2) is 55.1 Å². The highest BCUT2D eigenvalue weighted by molar-refractivity contribution is 5.80. The number of aliphatic hydroxyl groups is 2. The number of ether oxygens (including phenoxy) is 1. The van der Waals surface area contributed by atoms with Gasteiger partial charge in [-0.15, -0.1) is 0 Å². The molecule has 0 aromatic carbocycles. The van der Waals surface area contributed by atoms with Crippen molar-refractivity contribution >= 4 is 5.91 Å². The van der Waals surface area contributed by atoms with Gasteiger partial charge in [-0.2, -0.15) is 0 Å². The Morgan fingerprint density at radius 2 is 2.31 bits per heavy atom. The molecule has 2 unspecified atom stereocenters. The molecular weight excluding hydrogens is 176 g/mol. The van der Waals surface area contributed by atoms with Crippen LogP contribution in [0.5, 0.6) is 0 Å². The molecule has 0 heterocycles. The maximum Gasteiger partial charge on any atom is 0.250 e. The largest absolute Gasteiger partial charge is 0.394 e. The minimum atomic E-state index is -0.945. The van der Waals surface area contributed by atoms with E-state index in [0.717, 1.165) is 0 Å². The van der Waals surface area contributed by atoms with E-state index in [4.69, 9.17) is 20.7 Å². The second-order valence-electron chi connectivity index (χ2n) is 2.54. The lowest BCUT2D eigenvalue weighted by molar-refractivity contribution is -0.131. The zero-order valence-electron chi connectivity index (χ0n) is 7.56. The molecule has 0 fully saturated rings. The van der Waals surface area contributed by atoms with E-state index in [1.54, 1.807) is 0 Å². The smallest absolute Gasteiger partial charge is 0.250 e. The first-order chi connectivity index (χ1) is 6.15. The highest BCUT2D eigenvalue weighted by Crippen LogP contribution is 1.87. The Hall–Kier alpha value is -0.690. The van der Waals surface area contributed by atoms with Gasteiger partial charge in [0.15, 0.2) is 0 Å². The van der Waals surface area contributed by atoms with Gasteiger partial charge in [-0.3, -0.25) is 4.79 Å². The van der Waals surface area contributed by atoms with Crippen molar-refractivity contribution in [2.45, 2.75) is 12.2 Å². The molecule has 78 valence electrons. The summed E-state index contributed by atoms with van der Waals surface area (Å²) in [7, 11) is 1.37. The molecule has 0 aliphatic heterocycles. The van der Waals surface area contributed by atoms with Crippen LogP contribution < -0.4 is 11.1 Å². The normalized spacial score (nSPS) is 15.1. The monoisotopic (exact) mass is 192 g/mol. The van der Waals surface area contributed by atoms with E-state index in [2.05, 4.69) is 5.32 Å². The minimum absolute atomic E-state index is 0.00477. The van der Waals surface area contributed by atoms with Gasteiger partial charge < -0.3 is 26.0 Å². The number of methoxy groups -OCH3 is 1. The fourth-order valence-electron chi connectivity index (χ4n) is 0.707. The van der Waals surface area contributed by atoms with E-state index in [0.29, 0.717) is 0 Å². The molecule has 0 bridgehead atoms. The molecule has 0 spiro atoms. The molecule has 0 rings (SSSR count). The summed E-state index contributed by atoms with van der Waals surface area (Å²) in [4.78, 5) is 11.1. The van der Waals surface area contributed by atoms with Crippen LogP contribution in [0.2, 0.25) is 0 Å². The predicted octanol–water partition coefficient (Wildman–Crippen LogP) is -2.57. The Kier molecular flexibility index (Phi) is 6.43. The first-order valence-corrected chi connectivity index (χ1v) is 3.95. The second kappa shape index (κ2) is 6.79. The van der Waals surface area contributed by atoms with Crippen molar-refractivity contribution in [3.8, 4) is 0 Å². The Morgan fingerprint density at radius 1 is 1.69 bits per heavy atom. The van der Waals surface area contributed by atoms with E-state index in [9.17, 15) is 4.79 Å². The van der Waals surface area contributed by atoms with Crippen molar-refractivity contribution in [3.63, 3.8) is 0 Å². The number of rotatable bonds is 6. The molecule has 0 radical (unpaired) electrons. The van der Waals surface area contributed by atoms with E-state index in [1.807, 2.05) is 0 Å². The van der Waals surface area contributed by atoms with Crippen LogP contribution in [-0.2, 0) is 9.53 Å². The summed E-state index contributed by atoms with van der Waals surface area (Å²) in [6.07, 6.45) is -1.65. The number of carbonyl (C=O) groups excluding carboxylic acids is 1. The second-order valence-corrected chi connectivity index (χ2v) is 2.54. The Bertz CT molecular complexity index is 149.